The van der Waals surface area contributed by atoms with Gasteiger partial charge in [0.1, 0.15) is 59.8 Å². The lowest BCUT2D eigenvalue weighted by Crippen LogP contribution is -2.61. The molecule has 9 atom stereocenters. The molecule has 0 radical (unpaired) electrons. The normalized spacial score (nSPS) is 15.9. The fraction of sp³-hybridized carbons (Fsp3) is 0.564. The number of likely N-dealkylation sites (tertiary alicyclic amines) is 1. The van der Waals surface area contributed by atoms with E-state index in [4.69, 9.17) is 22.9 Å². The number of nitrogens with two attached hydrogens (primary N) is 4. The zero-order valence-corrected chi connectivity index (χ0v) is 47.7. The number of benzene rings is 2. The molecule has 9 amide bonds. The first-order valence-corrected chi connectivity index (χ1v) is 27.5. The first-order valence-electron chi connectivity index (χ1n) is 27.5. The number of carboxylic acid groups (broad SMARTS) is 2. The number of rotatable bonds is 34. The molecule has 1 fully saturated rings. The van der Waals surface area contributed by atoms with Gasteiger partial charge in [0.15, 0.2) is 5.96 Å². The van der Waals surface area contributed by atoms with Crippen molar-refractivity contribution in [1.82, 2.24) is 42.1 Å². The van der Waals surface area contributed by atoms with E-state index in [9.17, 15) is 73.2 Å². The van der Waals surface area contributed by atoms with Crippen LogP contribution >= 0.6 is 0 Å². The predicted molar refractivity (Wildman–Crippen MR) is 302 cm³/mol. The lowest BCUT2D eigenvalue weighted by atomic mass is 10.00. The molecule has 2 aromatic carbocycles. The molecule has 19 N–H and O–H groups in total. The van der Waals surface area contributed by atoms with E-state index in [1.807, 2.05) is 0 Å². The number of carboxylic acids is 2. The predicted octanol–water partition coefficient (Wildman–Crippen LogP) is -1.78. The van der Waals surface area contributed by atoms with Crippen LogP contribution in [0.5, 0.6) is 11.5 Å². The monoisotopic (exact) mass is 1170 g/mol. The van der Waals surface area contributed by atoms with E-state index < -0.39 is 157 Å². The highest BCUT2D eigenvalue weighted by molar-refractivity contribution is 5.98. The summed E-state index contributed by atoms with van der Waals surface area (Å²) in [7, 11) is 0. The average molecular weight is 1170 g/mol. The van der Waals surface area contributed by atoms with Gasteiger partial charge in [0, 0.05) is 32.4 Å². The van der Waals surface area contributed by atoms with E-state index in [0.29, 0.717) is 17.5 Å². The van der Waals surface area contributed by atoms with E-state index in [0.717, 1.165) is 0 Å². The Morgan fingerprint density at radius 1 is 0.578 bits per heavy atom. The fourth-order valence-electron chi connectivity index (χ4n) is 9.00. The number of carbonyl (C=O) groups excluding carboxylic acids is 9. The summed E-state index contributed by atoms with van der Waals surface area (Å²) in [6.07, 6.45) is -1.85. The minimum atomic E-state index is -1.64. The number of nitrogens with one attached hydrogen (secondary N) is 7. The Balaban J connectivity index is 1.98. The van der Waals surface area contributed by atoms with Gasteiger partial charge in [-0.1, -0.05) is 65.8 Å². The molecule has 28 nitrogen and oxygen atoms in total. The summed E-state index contributed by atoms with van der Waals surface area (Å²) in [4.78, 5) is 154. The third kappa shape index (κ3) is 23.4. The second kappa shape index (κ2) is 33.4. The second-order valence-electron chi connectivity index (χ2n) is 21.7. The Labute approximate surface area is 481 Å². The quantitative estimate of drug-likeness (QED) is 0.0209. The number of hydrogen-bond donors (Lipinski definition) is 15. The van der Waals surface area contributed by atoms with Crippen LogP contribution in [0.25, 0.3) is 0 Å². The summed E-state index contributed by atoms with van der Waals surface area (Å²) in [5.74, 6) is -12.2. The first-order chi connectivity index (χ1) is 39.0. The van der Waals surface area contributed by atoms with E-state index in [1.165, 1.54) is 41.3 Å². The summed E-state index contributed by atoms with van der Waals surface area (Å²) in [5, 5.41) is 57.1. The molecule has 28 heteroatoms. The van der Waals surface area contributed by atoms with Crippen LogP contribution in [0.1, 0.15) is 110 Å². The molecule has 0 unspecified atom stereocenters. The summed E-state index contributed by atoms with van der Waals surface area (Å²) >= 11 is 0. The zero-order valence-electron chi connectivity index (χ0n) is 47.7. The molecule has 0 saturated carbocycles. The number of primary amides is 1. The Bertz CT molecular complexity index is 2610. The molecule has 1 saturated heterocycles. The molecule has 0 aliphatic carbocycles. The fourth-order valence-corrected chi connectivity index (χ4v) is 9.00. The number of carbonyl (C=O) groups is 11. The number of nitrogens with zero attached hydrogens (tertiary/aromatic N) is 2. The van der Waals surface area contributed by atoms with Gasteiger partial charge in [-0.05, 0) is 105 Å². The van der Waals surface area contributed by atoms with Gasteiger partial charge >= 0.3 is 11.9 Å². The maximum Gasteiger partial charge on any atom is 0.326 e. The van der Waals surface area contributed by atoms with Crippen molar-refractivity contribution in [2.75, 3.05) is 13.1 Å². The number of hydrogen-bond acceptors (Lipinski definition) is 15. The third-order valence-corrected chi connectivity index (χ3v) is 13.5. The zero-order chi connectivity index (χ0) is 62.2. The number of amides is 9. The highest BCUT2D eigenvalue weighted by Crippen LogP contribution is 2.22. The Morgan fingerprint density at radius 3 is 1.52 bits per heavy atom. The summed E-state index contributed by atoms with van der Waals surface area (Å²) < 4.78 is 0. The first kappa shape index (κ1) is 68.7. The molecule has 0 spiro atoms. The lowest BCUT2D eigenvalue weighted by Gasteiger charge is -2.32. The van der Waals surface area contributed by atoms with Gasteiger partial charge in [-0.2, -0.15) is 0 Å². The van der Waals surface area contributed by atoms with E-state index in [2.05, 4.69) is 42.2 Å². The smallest absolute Gasteiger partial charge is 0.326 e. The van der Waals surface area contributed by atoms with Crippen molar-refractivity contribution >= 4 is 71.1 Å². The molecule has 1 aliphatic rings. The average Bonchev–Trinajstić information content (AvgIpc) is 3.94. The maximum atomic E-state index is 14.6. The van der Waals surface area contributed by atoms with Crippen LogP contribution in [0, 0.1) is 17.8 Å². The number of aliphatic carboxylic acids is 2. The SMILES string of the molecule is CC(C)C[C@H](NC(=O)[C@@H](N)Cc1ccc(O)cc1)C(=O)N[C@@H](CCC(=O)O)C(=O)N[C@@H](Cc1ccc(O)cc1)C(=O)N[C@@H](CCCN=C(N)N)C(=O)N[C@@H](CCC(N)=O)C(=O)N[C@H](C(=O)N1CCC[C@H]1C(=O)N[C@H](C(=O)O)C(C)C)C(C)C. The molecule has 1 heterocycles. The number of phenols is 2. The summed E-state index contributed by atoms with van der Waals surface area (Å²) in [5.41, 5.74) is 23.7. The summed E-state index contributed by atoms with van der Waals surface area (Å²) in [6.45, 7) is 10.0. The topological polar surface area (TPSA) is 473 Å². The van der Waals surface area contributed by atoms with Gasteiger partial charge in [0.2, 0.25) is 53.2 Å². The van der Waals surface area contributed by atoms with Crippen LogP contribution < -0.4 is 60.2 Å². The second-order valence-corrected chi connectivity index (χ2v) is 21.7. The molecular formula is C55H83N13O15. The van der Waals surface area contributed by atoms with Gasteiger partial charge in [-0.3, -0.25) is 52.9 Å². The Kier molecular flexibility index (Phi) is 27.6. The molecule has 458 valence electrons. The van der Waals surface area contributed by atoms with Crippen molar-refractivity contribution < 1.29 is 73.2 Å². The van der Waals surface area contributed by atoms with Gasteiger partial charge in [0.25, 0.3) is 0 Å². The minimum absolute atomic E-state index is 0.000868. The lowest BCUT2D eigenvalue weighted by molar-refractivity contribution is -0.146. The molecule has 0 aromatic heterocycles. The number of aromatic hydroxyl groups is 2. The highest BCUT2D eigenvalue weighted by atomic mass is 16.4. The van der Waals surface area contributed by atoms with Gasteiger partial charge in [0.05, 0.1) is 6.04 Å². The number of aliphatic imine (C=N–C) groups is 1. The van der Waals surface area contributed by atoms with Crippen molar-refractivity contribution in [2.45, 2.75) is 167 Å². The molecule has 2 aromatic rings. The van der Waals surface area contributed by atoms with Gasteiger partial charge in [-0.15, -0.1) is 0 Å². The van der Waals surface area contributed by atoms with E-state index in [1.54, 1.807) is 53.7 Å². The Hall–Kier alpha value is -8.56. The standard InChI is InChI=1S/C55H83N13O15/c1-28(2)25-39(64-46(74)35(56)26-31-11-15-33(69)16-12-31)50(78)63-38(20-22-43(72)73)48(76)65-40(27-32-13-17-34(70)18-14-32)51(79)61-36(9-7-23-60-55(58)59)47(75)62-37(19-21-42(57)71)49(77)66-44(29(3)4)53(81)68-24-8-10-41(68)52(80)67-45(30(5)6)54(82)83/h11-18,28-30,35-41,44-45,69-70H,7-10,19-27,56H2,1-6H3,(H2,57,71)(H,61,79)(H,62,75)(H,63,78)(H,64,74)(H,65,76)(H,66,77)(H,67,80)(H,72,73)(H,82,83)(H4,58,59,60)/t35-,36-,37-,38-,39-,40-,41-,44-,45-/m0/s1. The maximum absolute atomic E-state index is 14.6. The molecule has 83 heavy (non-hydrogen) atoms. The van der Waals surface area contributed by atoms with E-state index in [-0.39, 0.29) is 75.0 Å². The van der Waals surface area contributed by atoms with Crippen LogP contribution in [-0.4, -0.2) is 164 Å². The van der Waals surface area contributed by atoms with Crippen molar-refractivity contribution in [3.63, 3.8) is 0 Å². The van der Waals surface area contributed by atoms with Crippen LogP contribution in [0.3, 0.4) is 0 Å². The summed E-state index contributed by atoms with van der Waals surface area (Å²) in [6, 6.07) is -0.998. The number of guanidine groups is 1. The Morgan fingerprint density at radius 2 is 1.04 bits per heavy atom. The molecule has 1 aliphatic heterocycles. The molecular weight excluding hydrogens is 1080 g/mol. The molecule has 3 rings (SSSR count). The van der Waals surface area contributed by atoms with Crippen molar-refractivity contribution in [3.05, 3.63) is 59.7 Å². The minimum Gasteiger partial charge on any atom is -0.508 e. The third-order valence-electron chi connectivity index (χ3n) is 13.5. The van der Waals surface area contributed by atoms with Crippen LogP contribution in [0.15, 0.2) is 53.5 Å². The largest absolute Gasteiger partial charge is 0.508 e. The molecule has 0 bridgehead atoms. The number of phenolic OH excluding ortho intramolecular Hbond substituents is 2. The van der Waals surface area contributed by atoms with Gasteiger partial charge < -0.3 is 85.5 Å². The van der Waals surface area contributed by atoms with Crippen LogP contribution in [0.4, 0.5) is 0 Å². The van der Waals surface area contributed by atoms with Crippen LogP contribution in [0.2, 0.25) is 0 Å². The van der Waals surface area contributed by atoms with Gasteiger partial charge in [-0.25, -0.2) is 4.79 Å². The highest BCUT2D eigenvalue weighted by Gasteiger charge is 2.41. The van der Waals surface area contributed by atoms with Crippen molar-refractivity contribution in [3.8, 4) is 11.5 Å². The van der Waals surface area contributed by atoms with E-state index >= 15 is 0 Å². The van der Waals surface area contributed by atoms with Crippen molar-refractivity contribution in [1.29, 1.82) is 0 Å². The van der Waals surface area contributed by atoms with Crippen LogP contribution in [-0.2, 0) is 65.6 Å². The van der Waals surface area contributed by atoms with Crippen molar-refractivity contribution in [2.24, 2.45) is 45.7 Å².